The molecule has 3 heteroatoms. The Morgan fingerprint density at radius 2 is 0.817 bits per heavy atom. The first kappa shape index (κ1) is 35.5. The number of benzene rings is 9. The van der Waals surface area contributed by atoms with E-state index in [9.17, 15) is 0 Å². The summed E-state index contributed by atoms with van der Waals surface area (Å²) in [7, 11) is 0. The average Bonchev–Trinajstić information content (AvgIpc) is 3.76. The monoisotopic (exact) mass is 769 g/mol. The van der Waals surface area contributed by atoms with Gasteiger partial charge >= 0.3 is 0 Å². The maximum Gasteiger partial charge on any atom is 0.0544 e. The second-order valence-corrected chi connectivity index (χ2v) is 16.2. The standard InChI is InChI=1S/C57H43N3/c1-57(2)52-26-16-15-25-49(52)50-36-38-54-55(56(50)57)51-39-48(59(44-23-13-6-14-24-44)45-29-27-41(28-30-45)40-17-7-3-8-18-40)35-37-53(51)60(54)47-33-31-46(32-34-47)58(42-19-9-4-10-20-42)43-21-11-5-12-22-43/h3-39H,1-2H3. The molecule has 1 aromatic heterocycles. The van der Waals surface area contributed by atoms with Gasteiger partial charge in [-0.3, -0.25) is 0 Å². The van der Waals surface area contributed by atoms with Crippen LogP contribution < -0.4 is 9.80 Å². The van der Waals surface area contributed by atoms with Crippen molar-refractivity contribution in [1.82, 2.24) is 4.57 Å². The second kappa shape index (κ2) is 14.3. The van der Waals surface area contributed by atoms with Crippen LogP contribution in [0.5, 0.6) is 0 Å². The lowest BCUT2D eigenvalue weighted by Gasteiger charge is -2.26. The molecule has 1 aliphatic carbocycles. The first-order valence-corrected chi connectivity index (χ1v) is 20.8. The van der Waals surface area contributed by atoms with E-state index in [-0.39, 0.29) is 5.41 Å². The molecule has 0 aliphatic heterocycles. The highest BCUT2D eigenvalue weighted by atomic mass is 15.1. The fraction of sp³-hybridized carbons (Fsp3) is 0.0526. The van der Waals surface area contributed by atoms with Crippen molar-refractivity contribution in [2.75, 3.05) is 9.80 Å². The van der Waals surface area contributed by atoms with Crippen LogP contribution >= 0.6 is 0 Å². The number of anilines is 6. The SMILES string of the molecule is CC1(C)c2ccccc2-c2ccc3c(c21)c1cc(N(c2ccccc2)c2ccc(-c4ccccc4)cc2)ccc1n3-c1ccc(N(c2ccccc2)c2ccccc2)cc1. The zero-order chi connectivity index (χ0) is 40.2. The summed E-state index contributed by atoms with van der Waals surface area (Å²) in [5, 5.41) is 2.54. The highest BCUT2D eigenvalue weighted by molar-refractivity contribution is 6.15. The second-order valence-electron chi connectivity index (χ2n) is 16.2. The molecule has 0 fully saturated rings. The first-order valence-electron chi connectivity index (χ1n) is 20.8. The molecule has 0 spiro atoms. The molecule has 3 nitrogen and oxygen atoms in total. The largest absolute Gasteiger partial charge is 0.311 e. The Morgan fingerprint density at radius 1 is 0.367 bits per heavy atom. The lowest BCUT2D eigenvalue weighted by Crippen LogP contribution is -2.15. The summed E-state index contributed by atoms with van der Waals surface area (Å²) in [4.78, 5) is 4.70. The highest BCUT2D eigenvalue weighted by Gasteiger charge is 2.38. The van der Waals surface area contributed by atoms with E-state index in [1.165, 1.54) is 55.2 Å². The van der Waals surface area contributed by atoms with Gasteiger partial charge in [0.25, 0.3) is 0 Å². The van der Waals surface area contributed by atoms with E-state index in [1.54, 1.807) is 0 Å². The minimum absolute atomic E-state index is 0.192. The molecule has 1 heterocycles. The Bertz CT molecular complexity index is 3090. The normalized spacial score (nSPS) is 12.6. The summed E-state index contributed by atoms with van der Waals surface area (Å²) in [6.45, 7) is 4.79. The Morgan fingerprint density at radius 3 is 1.42 bits per heavy atom. The maximum atomic E-state index is 2.47. The van der Waals surface area contributed by atoms with Crippen molar-refractivity contribution in [1.29, 1.82) is 0 Å². The molecular formula is C57H43N3. The van der Waals surface area contributed by atoms with Crippen molar-refractivity contribution in [2.24, 2.45) is 0 Å². The van der Waals surface area contributed by atoms with Crippen LogP contribution in [0, 0.1) is 0 Å². The Labute approximate surface area is 351 Å². The van der Waals surface area contributed by atoms with Gasteiger partial charge in [0.15, 0.2) is 0 Å². The molecular weight excluding hydrogens is 727 g/mol. The van der Waals surface area contributed by atoms with E-state index in [2.05, 4.69) is 253 Å². The maximum absolute atomic E-state index is 2.47. The summed E-state index contributed by atoms with van der Waals surface area (Å²) in [6.07, 6.45) is 0. The van der Waals surface area contributed by atoms with Gasteiger partial charge in [0.1, 0.15) is 0 Å². The Hall–Kier alpha value is -7.62. The average molecular weight is 770 g/mol. The van der Waals surface area contributed by atoms with Crippen LogP contribution in [0.2, 0.25) is 0 Å². The van der Waals surface area contributed by atoms with Crippen LogP contribution in [-0.2, 0) is 5.41 Å². The van der Waals surface area contributed by atoms with Crippen molar-refractivity contribution in [3.63, 3.8) is 0 Å². The number of fused-ring (bicyclic) bond motifs is 7. The van der Waals surface area contributed by atoms with Gasteiger partial charge in [-0.05, 0) is 130 Å². The lowest BCUT2D eigenvalue weighted by atomic mass is 9.80. The van der Waals surface area contributed by atoms with Gasteiger partial charge in [-0.25, -0.2) is 0 Å². The molecule has 0 bridgehead atoms. The summed E-state index contributed by atoms with van der Waals surface area (Å²) in [5.41, 5.74) is 17.8. The molecule has 286 valence electrons. The third kappa shape index (κ3) is 5.81. The number of para-hydroxylation sites is 3. The van der Waals surface area contributed by atoms with Crippen LogP contribution in [-0.4, -0.2) is 4.57 Å². The summed E-state index contributed by atoms with van der Waals surface area (Å²) >= 11 is 0. The van der Waals surface area contributed by atoms with Gasteiger partial charge in [-0.1, -0.05) is 141 Å². The lowest BCUT2D eigenvalue weighted by molar-refractivity contribution is 0.666. The quantitative estimate of drug-likeness (QED) is 0.152. The van der Waals surface area contributed by atoms with Crippen LogP contribution in [0.4, 0.5) is 34.1 Å². The molecule has 11 rings (SSSR count). The molecule has 0 amide bonds. The fourth-order valence-electron chi connectivity index (χ4n) is 9.60. The van der Waals surface area contributed by atoms with Gasteiger partial charge < -0.3 is 14.4 Å². The molecule has 0 saturated heterocycles. The minimum atomic E-state index is -0.192. The van der Waals surface area contributed by atoms with Crippen molar-refractivity contribution in [3.05, 3.63) is 236 Å². The smallest absolute Gasteiger partial charge is 0.0544 e. The molecule has 0 radical (unpaired) electrons. The molecule has 0 saturated carbocycles. The Balaban J connectivity index is 1.12. The molecule has 1 aliphatic rings. The van der Waals surface area contributed by atoms with Gasteiger partial charge in [-0.15, -0.1) is 0 Å². The topological polar surface area (TPSA) is 11.4 Å². The molecule has 9 aromatic carbocycles. The van der Waals surface area contributed by atoms with Crippen molar-refractivity contribution >= 4 is 55.9 Å². The van der Waals surface area contributed by atoms with E-state index >= 15 is 0 Å². The van der Waals surface area contributed by atoms with Crippen molar-refractivity contribution < 1.29 is 0 Å². The van der Waals surface area contributed by atoms with Gasteiger partial charge in [0.2, 0.25) is 0 Å². The predicted octanol–water partition coefficient (Wildman–Crippen LogP) is 15.7. The van der Waals surface area contributed by atoms with E-state index < -0.39 is 0 Å². The van der Waals surface area contributed by atoms with E-state index in [0.717, 1.165) is 39.8 Å². The van der Waals surface area contributed by atoms with Crippen molar-refractivity contribution in [2.45, 2.75) is 19.3 Å². The molecule has 0 unspecified atom stereocenters. The predicted molar refractivity (Wildman–Crippen MR) is 253 cm³/mol. The van der Waals surface area contributed by atoms with Crippen LogP contribution in [0.25, 0.3) is 49.7 Å². The highest BCUT2D eigenvalue weighted by Crippen LogP contribution is 2.54. The number of nitrogens with zero attached hydrogens (tertiary/aromatic N) is 3. The van der Waals surface area contributed by atoms with Gasteiger partial charge in [0, 0.05) is 56.0 Å². The molecule has 0 N–H and O–H groups in total. The third-order valence-electron chi connectivity index (χ3n) is 12.3. The van der Waals surface area contributed by atoms with E-state index in [0.29, 0.717) is 0 Å². The summed E-state index contributed by atoms with van der Waals surface area (Å²) in [6, 6.07) is 81.3. The number of hydrogen-bond donors (Lipinski definition) is 0. The van der Waals surface area contributed by atoms with E-state index in [4.69, 9.17) is 0 Å². The van der Waals surface area contributed by atoms with Gasteiger partial charge in [-0.2, -0.15) is 0 Å². The first-order chi connectivity index (χ1) is 29.5. The minimum Gasteiger partial charge on any atom is -0.311 e. The molecule has 0 atom stereocenters. The van der Waals surface area contributed by atoms with Crippen LogP contribution in [0.3, 0.4) is 0 Å². The summed E-state index contributed by atoms with van der Waals surface area (Å²) in [5.74, 6) is 0. The Kier molecular flexibility index (Phi) is 8.49. The van der Waals surface area contributed by atoms with Crippen LogP contribution in [0.15, 0.2) is 224 Å². The third-order valence-corrected chi connectivity index (χ3v) is 12.3. The van der Waals surface area contributed by atoms with E-state index in [1.807, 2.05) is 0 Å². The van der Waals surface area contributed by atoms with Gasteiger partial charge in [0.05, 0.1) is 11.0 Å². The number of hydrogen-bond acceptors (Lipinski definition) is 2. The zero-order valence-corrected chi connectivity index (χ0v) is 33.7. The zero-order valence-electron chi connectivity index (χ0n) is 33.7. The number of aromatic nitrogens is 1. The fourth-order valence-corrected chi connectivity index (χ4v) is 9.60. The van der Waals surface area contributed by atoms with Crippen LogP contribution in [0.1, 0.15) is 25.0 Å². The summed E-state index contributed by atoms with van der Waals surface area (Å²) < 4.78 is 2.47. The number of rotatable bonds is 8. The van der Waals surface area contributed by atoms with Crippen molar-refractivity contribution in [3.8, 4) is 27.9 Å². The molecule has 60 heavy (non-hydrogen) atoms. The molecule has 10 aromatic rings.